The maximum Gasteiger partial charge on any atom is 0.269 e. The van der Waals surface area contributed by atoms with E-state index < -0.39 is 4.92 Å². The van der Waals surface area contributed by atoms with Gasteiger partial charge in [0.2, 0.25) is 0 Å². The predicted molar refractivity (Wildman–Crippen MR) is 79.4 cm³/mol. The molecule has 21 heavy (non-hydrogen) atoms. The van der Waals surface area contributed by atoms with Crippen molar-refractivity contribution in [3.63, 3.8) is 0 Å². The maximum absolute atomic E-state index is 10.8. The van der Waals surface area contributed by atoms with E-state index in [2.05, 4.69) is 6.07 Å². The number of aryl methyl sites for hydroxylation is 1. The van der Waals surface area contributed by atoms with Crippen LogP contribution in [0.4, 0.5) is 5.69 Å². The van der Waals surface area contributed by atoms with Crippen LogP contribution in [0.3, 0.4) is 0 Å². The number of fused-ring (bicyclic) bond motifs is 1. The minimum atomic E-state index is -0.411. The van der Waals surface area contributed by atoms with Crippen LogP contribution in [0, 0.1) is 28.4 Å². The van der Waals surface area contributed by atoms with Crippen molar-refractivity contribution in [1.29, 1.82) is 5.26 Å². The fraction of sp³-hybridized carbons (Fsp3) is 0.0625. The molecule has 0 atom stereocenters. The van der Waals surface area contributed by atoms with E-state index in [-0.39, 0.29) is 5.69 Å². The summed E-state index contributed by atoms with van der Waals surface area (Å²) in [6, 6.07) is 14.4. The lowest BCUT2D eigenvalue weighted by Crippen LogP contribution is -1.98. The summed E-state index contributed by atoms with van der Waals surface area (Å²) in [6.07, 6.45) is 1.87. The van der Waals surface area contributed by atoms with Crippen molar-refractivity contribution in [2.75, 3.05) is 0 Å². The van der Waals surface area contributed by atoms with Gasteiger partial charge in [-0.25, -0.2) is 0 Å². The van der Waals surface area contributed by atoms with Crippen molar-refractivity contribution < 1.29 is 4.92 Å². The smallest absolute Gasteiger partial charge is 0.269 e. The van der Waals surface area contributed by atoms with E-state index in [1.165, 1.54) is 12.1 Å². The summed E-state index contributed by atoms with van der Waals surface area (Å²) in [7, 11) is 0. The predicted octanol–water partition coefficient (Wildman–Crippen LogP) is 3.72. The summed E-state index contributed by atoms with van der Waals surface area (Å²) in [5.41, 5.74) is 3.08. The van der Waals surface area contributed by atoms with Crippen LogP contribution in [-0.4, -0.2) is 9.49 Å². The van der Waals surface area contributed by atoms with Gasteiger partial charge < -0.3 is 4.57 Å². The Kier molecular flexibility index (Phi) is 2.92. The molecule has 1 aromatic heterocycles. The van der Waals surface area contributed by atoms with Crippen molar-refractivity contribution >= 4 is 16.6 Å². The number of hydrogen-bond donors (Lipinski definition) is 0. The molecule has 5 heteroatoms. The summed E-state index contributed by atoms with van der Waals surface area (Å²) in [4.78, 5) is 10.4. The molecule has 0 radical (unpaired) electrons. The van der Waals surface area contributed by atoms with E-state index in [4.69, 9.17) is 0 Å². The number of para-hydroxylation sites is 1. The molecule has 3 rings (SSSR count). The standard InChI is InChI=1S/C16H11N3O2/c1-11-9-14(19(20)21)5-6-15(11)18-8-7-12-3-2-4-13(10-17)16(12)18/h2-9H,1H3. The van der Waals surface area contributed by atoms with Gasteiger partial charge in [0.25, 0.3) is 5.69 Å². The lowest BCUT2D eigenvalue weighted by molar-refractivity contribution is -0.384. The van der Waals surface area contributed by atoms with Crippen LogP contribution in [-0.2, 0) is 0 Å². The molecule has 0 bridgehead atoms. The monoisotopic (exact) mass is 277 g/mol. The zero-order valence-electron chi connectivity index (χ0n) is 11.3. The summed E-state index contributed by atoms with van der Waals surface area (Å²) >= 11 is 0. The van der Waals surface area contributed by atoms with Crippen LogP contribution in [0.25, 0.3) is 16.6 Å². The first kappa shape index (κ1) is 12.9. The highest BCUT2D eigenvalue weighted by Gasteiger charge is 2.12. The summed E-state index contributed by atoms with van der Waals surface area (Å²) in [5.74, 6) is 0. The van der Waals surface area contributed by atoms with Gasteiger partial charge in [-0.05, 0) is 30.7 Å². The number of nitro benzene ring substituents is 1. The third-order valence-electron chi connectivity index (χ3n) is 3.48. The van der Waals surface area contributed by atoms with Gasteiger partial charge in [0.15, 0.2) is 0 Å². The molecule has 0 fully saturated rings. The highest BCUT2D eigenvalue weighted by atomic mass is 16.6. The van der Waals surface area contributed by atoms with Gasteiger partial charge in [0.05, 0.1) is 16.0 Å². The van der Waals surface area contributed by atoms with Crippen LogP contribution in [0.1, 0.15) is 11.1 Å². The van der Waals surface area contributed by atoms with E-state index >= 15 is 0 Å². The second kappa shape index (κ2) is 4.76. The first-order valence-corrected chi connectivity index (χ1v) is 6.37. The van der Waals surface area contributed by atoms with Gasteiger partial charge in [0.1, 0.15) is 6.07 Å². The highest BCUT2D eigenvalue weighted by molar-refractivity contribution is 5.87. The number of non-ortho nitro benzene ring substituents is 1. The largest absolute Gasteiger partial charge is 0.315 e. The molecule has 102 valence electrons. The first-order valence-electron chi connectivity index (χ1n) is 6.37. The molecule has 0 aliphatic carbocycles. The molecule has 0 aliphatic rings. The number of nitro groups is 1. The number of hydrogen-bond acceptors (Lipinski definition) is 3. The average Bonchev–Trinajstić information content (AvgIpc) is 2.90. The highest BCUT2D eigenvalue weighted by Crippen LogP contribution is 2.27. The molecule has 2 aromatic carbocycles. The zero-order valence-corrected chi connectivity index (χ0v) is 11.3. The molecule has 0 unspecified atom stereocenters. The van der Waals surface area contributed by atoms with Crippen LogP contribution in [0.2, 0.25) is 0 Å². The van der Waals surface area contributed by atoms with Gasteiger partial charge in [-0.2, -0.15) is 5.26 Å². The Morgan fingerprint density at radius 1 is 1.24 bits per heavy atom. The van der Waals surface area contributed by atoms with Crippen LogP contribution in [0.15, 0.2) is 48.7 Å². The number of aromatic nitrogens is 1. The zero-order chi connectivity index (χ0) is 15.0. The molecule has 3 aromatic rings. The van der Waals surface area contributed by atoms with Gasteiger partial charge in [-0.3, -0.25) is 10.1 Å². The Balaban J connectivity index is 2.27. The molecule has 0 aliphatic heterocycles. The van der Waals surface area contributed by atoms with Gasteiger partial charge in [-0.1, -0.05) is 12.1 Å². The Morgan fingerprint density at radius 2 is 2.05 bits per heavy atom. The maximum atomic E-state index is 10.8. The van der Waals surface area contributed by atoms with Crippen molar-refractivity contribution in [2.45, 2.75) is 6.92 Å². The van der Waals surface area contributed by atoms with Crippen LogP contribution < -0.4 is 0 Å². The average molecular weight is 277 g/mol. The molecule has 5 nitrogen and oxygen atoms in total. The summed E-state index contributed by atoms with van der Waals surface area (Å²) < 4.78 is 1.90. The Labute approximate surface area is 120 Å². The van der Waals surface area contributed by atoms with Gasteiger partial charge >= 0.3 is 0 Å². The van der Waals surface area contributed by atoms with Crippen molar-refractivity contribution in [1.82, 2.24) is 4.57 Å². The Morgan fingerprint density at radius 3 is 2.71 bits per heavy atom. The Hall–Kier alpha value is -3.13. The molecule has 0 spiro atoms. The molecular formula is C16H11N3O2. The summed E-state index contributed by atoms with van der Waals surface area (Å²) in [5, 5.41) is 21.0. The lowest BCUT2D eigenvalue weighted by atomic mass is 10.1. The van der Waals surface area contributed by atoms with E-state index in [1.807, 2.05) is 35.9 Å². The topological polar surface area (TPSA) is 71.9 Å². The lowest BCUT2D eigenvalue weighted by Gasteiger charge is -2.09. The van der Waals surface area contributed by atoms with Crippen molar-refractivity contribution in [2.24, 2.45) is 0 Å². The van der Waals surface area contributed by atoms with E-state index in [0.717, 1.165) is 22.2 Å². The quantitative estimate of drug-likeness (QED) is 0.529. The molecular weight excluding hydrogens is 266 g/mol. The molecule has 0 saturated carbocycles. The third-order valence-corrected chi connectivity index (χ3v) is 3.48. The second-order valence-electron chi connectivity index (χ2n) is 4.77. The normalized spacial score (nSPS) is 10.5. The number of benzene rings is 2. The van der Waals surface area contributed by atoms with Crippen molar-refractivity contribution in [3.05, 3.63) is 69.9 Å². The molecule has 1 heterocycles. The van der Waals surface area contributed by atoms with Gasteiger partial charge in [-0.15, -0.1) is 0 Å². The minimum absolute atomic E-state index is 0.0632. The van der Waals surface area contributed by atoms with Crippen LogP contribution in [0.5, 0.6) is 0 Å². The van der Waals surface area contributed by atoms with E-state index in [9.17, 15) is 15.4 Å². The molecule has 0 amide bonds. The van der Waals surface area contributed by atoms with E-state index in [0.29, 0.717) is 5.56 Å². The SMILES string of the molecule is Cc1cc([N+](=O)[O-])ccc1-n1ccc2cccc(C#N)c21. The number of rotatable bonds is 2. The summed E-state index contributed by atoms with van der Waals surface area (Å²) in [6.45, 7) is 1.82. The minimum Gasteiger partial charge on any atom is -0.315 e. The fourth-order valence-corrected chi connectivity index (χ4v) is 2.51. The molecule has 0 saturated heterocycles. The van der Waals surface area contributed by atoms with Crippen LogP contribution >= 0.6 is 0 Å². The second-order valence-corrected chi connectivity index (χ2v) is 4.77. The fourth-order valence-electron chi connectivity index (χ4n) is 2.51. The Bertz CT molecular complexity index is 904. The number of nitriles is 1. The third kappa shape index (κ3) is 2.03. The number of nitrogens with zero attached hydrogens (tertiary/aromatic N) is 3. The van der Waals surface area contributed by atoms with Crippen molar-refractivity contribution in [3.8, 4) is 11.8 Å². The van der Waals surface area contributed by atoms with E-state index in [1.54, 1.807) is 12.1 Å². The van der Waals surface area contributed by atoms with Gasteiger partial charge in [0, 0.05) is 29.4 Å². The molecule has 0 N–H and O–H groups in total. The first-order chi connectivity index (χ1) is 10.1.